The number of benzene rings is 1. The van der Waals surface area contributed by atoms with Gasteiger partial charge in [-0.2, -0.15) is 0 Å². The number of β-amino-alcohol motifs (C(OH)–C–C–N with tert-alkyl or cyclic N) is 1. The van der Waals surface area contributed by atoms with Gasteiger partial charge in [0.1, 0.15) is 0 Å². The zero-order valence-electron chi connectivity index (χ0n) is 9.10. The number of aliphatic hydroxyl groups is 1. The number of aliphatic hydroxyl groups excluding tert-OH is 1. The summed E-state index contributed by atoms with van der Waals surface area (Å²) in [5.74, 6) is 0. The SMILES string of the molecule is O[C@H]1CCCN(CCc2ccccc2)C1. The molecule has 1 N–H and O–H groups in total. The molecule has 0 aromatic heterocycles. The van der Waals surface area contributed by atoms with E-state index in [1.807, 2.05) is 6.07 Å². The third-order valence-corrected chi connectivity index (χ3v) is 3.04. The Kier molecular flexibility index (Phi) is 3.75. The van der Waals surface area contributed by atoms with Crippen LogP contribution in [0.15, 0.2) is 30.3 Å². The molecule has 0 saturated carbocycles. The van der Waals surface area contributed by atoms with Gasteiger partial charge in [0, 0.05) is 13.1 Å². The van der Waals surface area contributed by atoms with Crippen LogP contribution in [0.2, 0.25) is 0 Å². The zero-order chi connectivity index (χ0) is 10.5. The largest absolute Gasteiger partial charge is 0.392 e. The molecule has 15 heavy (non-hydrogen) atoms. The first-order valence-electron chi connectivity index (χ1n) is 5.79. The highest BCUT2D eigenvalue weighted by Crippen LogP contribution is 2.10. The fraction of sp³-hybridized carbons (Fsp3) is 0.538. The fourth-order valence-corrected chi connectivity index (χ4v) is 2.17. The quantitative estimate of drug-likeness (QED) is 0.811. The molecule has 1 heterocycles. The Morgan fingerprint density at radius 3 is 2.80 bits per heavy atom. The molecule has 1 aromatic carbocycles. The molecule has 1 atom stereocenters. The second kappa shape index (κ2) is 5.29. The third kappa shape index (κ3) is 3.33. The van der Waals surface area contributed by atoms with Crippen LogP contribution < -0.4 is 0 Å². The molecule has 2 nitrogen and oxygen atoms in total. The van der Waals surface area contributed by atoms with Crippen LogP contribution in [0, 0.1) is 0 Å². The molecule has 0 aliphatic carbocycles. The maximum atomic E-state index is 9.54. The van der Waals surface area contributed by atoms with Crippen molar-refractivity contribution >= 4 is 0 Å². The summed E-state index contributed by atoms with van der Waals surface area (Å²) in [5, 5.41) is 9.54. The minimum Gasteiger partial charge on any atom is -0.392 e. The summed E-state index contributed by atoms with van der Waals surface area (Å²) in [6.07, 6.45) is 3.10. The van der Waals surface area contributed by atoms with E-state index in [2.05, 4.69) is 29.2 Å². The molecule has 0 spiro atoms. The van der Waals surface area contributed by atoms with Crippen LogP contribution >= 0.6 is 0 Å². The first-order valence-corrected chi connectivity index (χ1v) is 5.79. The molecule has 2 rings (SSSR count). The molecule has 1 aliphatic rings. The van der Waals surface area contributed by atoms with Gasteiger partial charge in [0.05, 0.1) is 6.10 Å². The van der Waals surface area contributed by atoms with Crippen molar-refractivity contribution in [2.45, 2.75) is 25.4 Å². The second-order valence-electron chi connectivity index (χ2n) is 4.33. The highest BCUT2D eigenvalue weighted by molar-refractivity contribution is 5.14. The average molecular weight is 205 g/mol. The predicted molar refractivity (Wildman–Crippen MR) is 61.8 cm³/mol. The van der Waals surface area contributed by atoms with Crippen LogP contribution in [-0.4, -0.2) is 35.7 Å². The van der Waals surface area contributed by atoms with Crippen LogP contribution in [-0.2, 0) is 6.42 Å². The molecule has 82 valence electrons. The Morgan fingerprint density at radius 1 is 1.27 bits per heavy atom. The van der Waals surface area contributed by atoms with Crippen LogP contribution in [0.3, 0.4) is 0 Å². The highest BCUT2D eigenvalue weighted by Gasteiger charge is 2.16. The van der Waals surface area contributed by atoms with Crippen molar-refractivity contribution in [3.8, 4) is 0 Å². The van der Waals surface area contributed by atoms with Crippen molar-refractivity contribution in [3.05, 3.63) is 35.9 Å². The van der Waals surface area contributed by atoms with Gasteiger partial charge < -0.3 is 10.0 Å². The van der Waals surface area contributed by atoms with E-state index < -0.39 is 0 Å². The first-order chi connectivity index (χ1) is 7.34. The van der Waals surface area contributed by atoms with E-state index >= 15 is 0 Å². The number of nitrogens with zero attached hydrogens (tertiary/aromatic N) is 1. The van der Waals surface area contributed by atoms with Crippen molar-refractivity contribution in [3.63, 3.8) is 0 Å². The zero-order valence-corrected chi connectivity index (χ0v) is 9.10. The van der Waals surface area contributed by atoms with Crippen molar-refractivity contribution in [2.24, 2.45) is 0 Å². The lowest BCUT2D eigenvalue weighted by molar-refractivity contribution is 0.0714. The maximum absolute atomic E-state index is 9.54. The first kappa shape index (κ1) is 10.7. The Bertz CT molecular complexity index is 286. The van der Waals surface area contributed by atoms with Crippen LogP contribution in [0.1, 0.15) is 18.4 Å². The summed E-state index contributed by atoms with van der Waals surface area (Å²) in [6.45, 7) is 3.07. The number of rotatable bonds is 3. The Hall–Kier alpha value is -0.860. The summed E-state index contributed by atoms with van der Waals surface area (Å²) >= 11 is 0. The predicted octanol–water partition coefficient (Wildman–Crippen LogP) is 1.69. The molecule has 0 bridgehead atoms. The lowest BCUT2D eigenvalue weighted by Crippen LogP contribution is -2.39. The third-order valence-electron chi connectivity index (χ3n) is 3.04. The average Bonchev–Trinajstić information content (AvgIpc) is 2.28. The van der Waals surface area contributed by atoms with Crippen molar-refractivity contribution in [2.75, 3.05) is 19.6 Å². The highest BCUT2D eigenvalue weighted by atomic mass is 16.3. The van der Waals surface area contributed by atoms with Gasteiger partial charge in [-0.15, -0.1) is 0 Å². The molecule has 1 fully saturated rings. The van der Waals surface area contributed by atoms with E-state index in [1.54, 1.807) is 0 Å². The summed E-state index contributed by atoms with van der Waals surface area (Å²) in [6, 6.07) is 10.6. The van der Waals surface area contributed by atoms with Crippen LogP contribution in [0.4, 0.5) is 0 Å². The fourth-order valence-electron chi connectivity index (χ4n) is 2.17. The molecular formula is C13H19NO. The summed E-state index contributed by atoms with van der Waals surface area (Å²) in [4.78, 5) is 2.36. The van der Waals surface area contributed by atoms with Crippen LogP contribution in [0.25, 0.3) is 0 Å². The Morgan fingerprint density at radius 2 is 2.07 bits per heavy atom. The van der Waals surface area contributed by atoms with Crippen LogP contribution in [0.5, 0.6) is 0 Å². The van der Waals surface area contributed by atoms with Gasteiger partial charge >= 0.3 is 0 Å². The number of hydrogen-bond donors (Lipinski definition) is 1. The minimum atomic E-state index is -0.102. The lowest BCUT2D eigenvalue weighted by atomic mass is 10.1. The molecule has 0 radical (unpaired) electrons. The smallest absolute Gasteiger partial charge is 0.0667 e. The van der Waals surface area contributed by atoms with Gasteiger partial charge in [0.25, 0.3) is 0 Å². The van der Waals surface area contributed by atoms with Gasteiger partial charge in [0.2, 0.25) is 0 Å². The molecule has 1 saturated heterocycles. The molecule has 0 unspecified atom stereocenters. The summed E-state index contributed by atoms with van der Waals surface area (Å²) in [7, 11) is 0. The standard InChI is InChI=1S/C13H19NO/c15-13-7-4-9-14(11-13)10-8-12-5-2-1-3-6-12/h1-3,5-6,13,15H,4,7-11H2/t13-/m0/s1. The maximum Gasteiger partial charge on any atom is 0.0667 e. The van der Waals surface area contributed by atoms with E-state index in [-0.39, 0.29) is 6.10 Å². The van der Waals surface area contributed by atoms with Gasteiger partial charge in [-0.1, -0.05) is 30.3 Å². The van der Waals surface area contributed by atoms with Crippen molar-refractivity contribution in [1.82, 2.24) is 4.90 Å². The van der Waals surface area contributed by atoms with E-state index in [1.165, 1.54) is 5.56 Å². The van der Waals surface area contributed by atoms with Crippen molar-refractivity contribution < 1.29 is 5.11 Å². The normalized spacial score (nSPS) is 22.9. The summed E-state index contributed by atoms with van der Waals surface area (Å²) in [5.41, 5.74) is 1.39. The van der Waals surface area contributed by atoms with Crippen molar-refractivity contribution in [1.29, 1.82) is 0 Å². The van der Waals surface area contributed by atoms with Gasteiger partial charge in [0.15, 0.2) is 0 Å². The molecule has 1 aliphatic heterocycles. The second-order valence-corrected chi connectivity index (χ2v) is 4.33. The molecule has 0 amide bonds. The molecular weight excluding hydrogens is 186 g/mol. The van der Waals surface area contributed by atoms with Gasteiger partial charge in [-0.05, 0) is 31.4 Å². The number of likely N-dealkylation sites (tertiary alicyclic amines) is 1. The topological polar surface area (TPSA) is 23.5 Å². The Labute approximate surface area is 91.5 Å². The monoisotopic (exact) mass is 205 g/mol. The van der Waals surface area contributed by atoms with Gasteiger partial charge in [-0.3, -0.25) is 0 Å². The lowest BCUT2D eigenvalue weighted by Gasteiger charge is -2.29. The number of piperidine rings is 1. The minimum absolute atomic E-state index is 0.102. The van der Waals surface area contributed by atoms with E-state index in [9.17, 15) is 5.11 Å². The number of hydrogen-bond acceptors (Lipinski definition) is 2. The van der Waals surface area contributed by atoms with E-state index in [4.69, 9.17) is 0 Å². The summed E-state index contributed by atoms with van der Waals surface area (Å²) < 4.78 is 0. The van der Waals surface area contributed by atoms with E-state index in [0.717, 1.165) is 38.9 Å². The molecule has 1 aromatic rings. The van der Waals surface area contributed by atoms with Gasteiger partial charge in [-0.25, -0.2) is 0 Å². The Balaban J connectivity index is 1.78. The molecule has 2 heteroatoms. The van der Waals surface area contributed by atoms with E-state index in [0.29, 0.717) is 0 Å².